The number of aryl methyl sites for hydroxylation is 1. The first-order valence-electron chi connectivity index (χ1n) is 8.10. The van der Waals surface area contributed by atoms with Crippen molar-refractivity contribution in [3.8, 4) is 12.3 Å². The van der Waals surface area contributed by atoms with Gasteiger partial charge in [-0.2, -0.15) is 0 Å². The zero-order valence-corrected chi connectivity index (χ0v) is 16.5. The fraction of sp³-hybridized carbons (Fsp3) is 0.158. The molecule has 0 atom stereocenters. The zero-order chi connectivity index (χ0) is 20.7. The van der Waals surface area contributed by atoms with Crippen LogP contribution >= 0.6 is 11.6 Å². The van der Waals surface area contributed by atoms with Crippen LogP contribution in [0.4, 0.5) is 5.69 Å². The smallest absolute Gasteiger partial charge is 0.261 e. The molecular formula is C19H18ClN3O4S. The molecule has 2 aromatic rings. The van der Waals surface area contributed by atoms with Crippen molar-refractivity contribution >= 4 is 39.1 Å². The molecular weight excluding hydrogens is 402 g/mol. The van der Waals surface area contributed by atoms with Crippen molar-refractivity contribution in [1.29, 1.82) is 0 Å². The van der Waals surface area contributed by atoms with Gasteiger partial charge in [0.2, 0.25) is 5.91 Å². The van der Waals surface area contributed by atoms with E-state index in [4.69, 9.17) is 18.0 Å². The Hall–Kier alpha value is -3.02. The highest BCUT2D eigenvalue weighted by molar-refractivity contribution is 7.92. The molecule has 146 valence electrons. The van der Waals surface area contributed by atoms with Crippen molar-refractivity contribution in [2.24, 2.45) is 0 Å². The van der Waals surface area contributed by atoms with E-state index >= 15 is 0 Å². The van der Waals surface area contributed by atoms with Crippen LogP contribution in [-0.2, 0) is 14.8 Å². The SMILES string of the molecule is C#CCNC(=O)CNC(=O)c1cc(S(=O)(=O)Nc2cccc(C)c2)ccc1Cl. The summed E-state index contributed by atoms with van der Waals surface area (Å²) in [6.07, 6.45) is 5.03. The molecule has 9 heteroatoms. The van der Waals surface area contributed by atoms with Gasteiger partial charge in [-0.1, -0.05) is 29.7 Å². The second kappa shape index (κ2) is 9.26. The van der Waals surface area contributed by atoms with Gasteiger partial charge >= 0.3 is 0 Å². The third kappa shape index (κ3) is 5.74. The van der Waals surface area contributed by atoms with Gasteiger partial charge in [0.15, 0.2) is 0 Å². The van der Waals surface area contributed by atoms with Crippen LogP contribution in [-0.4, -0.2) is 33.3 Å². The molecule has 7 nitrogen and oxygen atoms in total. The van der Waals surface area contributed by atoms with Gasteiger partial charge in [0, 0.05) is 5.69 Å². The van der Waals surface area contributed by atoms with Crippen LogP contribution in [0.5, 0.6) is 0 Å². The monoisotopic (exact) mass is 419 g/mol. The maximum atomic E-state index is 12.6. The van der Waals surface area contributed by atoms with Gasteiger partial charge in [-0.3, -0.25) is 14.3 Å². The lowest BCUT2D eigenvalue weighted by atomic mass is 10.2. The molecule has 28 heavy (non-hydrogen) atoms. The minimum atomic E-state index is -3.94. The number of rotatable bonds is 7. The van der Waals surface area contributed by atoms with Crippen molar-refractivity contribution in [3.63, 3.8) is 0 Å². The first-order chi connectivity index (χ1) is 13.2. The molecule has 0 heterocycles. The summed E-state index contributed by atoms with van der Waals surface area (Å²) >= 11 is 6.02. The average Bonchev–Trinajstić information content (AvgIpc) is 2.64. The van der Waals surface area contributed by atoms with E-state index in [1.54, 1.807) is 18.2 Å². The highest BCUT2D eigenvalue weighted by atomic mass is 35.5. The Bertz CT molecular complexity index is 1050. The van der Waals surface area contributed by atoms with E-state index in [0.717, 1.165) is 11.6 Å². The first-order valence-corrected chi connectivity index (χ1v) is 9.96. The molecule has 2 aromatic carbocycles. The summed E-state index contributed by atoms with van der Waals surface area (Å²) < 4.78 is 27.7. The number of terminal acetylenes is 1. The molecule has 3 N–H and O–H groups in total. The van der Waals surface area contributed by atoms with E-state index in [2.05, 4.69) is 21.3 Å². The molecule has 0 saturated carbocycles. The summed E-state index contributed by atoms with van der Waals surface area (Å²) in [7, 11) is -3.94. The van der Waals surface area contributed by atoms with Crippen LogP contribution in [0.3, 0.4) is 0 Å². The lowest BCUT2D eigenvalue weighted by Crippen LogP contribution is -2.37. The van der Waals surface area contributed by atoms with Crippen LogP contribution in [0.1, 0.15) is 15.9 Å². The molecule has 0 aliphatic rings. The molecule has 0 saturated heterocycles. The van der Waals surface area contributed by atoms with Crippen molar-refractivity contribution in [2.45, 2.75) is 11.8 Å². The van der Waals surface area contributed by atoms with E-state index in [0.29, 0.717) is 5.69 Å². The van der Waals surface area contributed by atoms with Crippen LogP contribution < -0.4 is 15.4 Å². The maximum Gasteiger partial charge on any atom is 0.261 e. The minimum absolute atomic E-state index is 0.0355. The second-order valence-corrected chi connectivity index (χ2v) is 7.87. The summed E-state index contributed by atoms with van der Waals surface area (Å²) in [6.45, 7) is 1.55. The highest BCUT2D eigenvalue weighted by Crippen LogP contribution is 2.23. The van der Waals surface area contributed by atoms with Gasteiger partial charge < -0.3 is 10.6 Å². The maximum absolute atomic E-state index is 12.6. The number of hydrogen-bond acceptors (Lipinski definition) is 4. The predicted octanol–water partition coefficient (Wildman–Crippen LogP) is 1.93. The molecule has 0 fully saturated rings. The van der Waals surface area contributed by atoms with Gasteiger partial charge in [-0.05, 0) is 42.8 Å². The summed E-state index contributed by atoms with van der Waals surface area (Å²) in [4.78, 5) is 23.7. The normalized spacial score (nSPS) is 10.6. The molecule has 0 aliphatic carbocycles. The summed E-state index contributed by atoms with van der Waals surface area (Å²) in [5.74, 6) is 1.07. The Labute approximate surface area is 168 Å². The van der Waals surface area contributed by atoms with Crippen LogP contribution in [0.2, 0.25) is 5.02 Å². The predicted molar refractivity (Wildman–Crippen MR) is 108 cm³/mol. The van der Waals surface area contributed by atoms with E-state index < -0.39 is 21.8 Å². The van der Waals surface area contributed by atoms with Crippen molar-refractivity contribution < 1.29 is 18.0 Å². The van der Waals surface area contributed by atoms with Gasteiger partial charge in [0.1, 0.15) is 0 Å². The average molecular weight is 420 g/mol. The van der Waals surface area contributed by atoms with Crippen LogP contribution in [0.15, 0.2) is 47.4 Å². The van der Waals surface area contributed by atoms with Gasteiger partial charge in [-0.25, -0.2) is 8.42 Å². The van der Waals surface area contributed by atoms with Crippen molar-refractivity contribution in [2.75, 3.05) is 17.8 Å². The van der Waals surface area contributed by atoms with E-state index in [1.807, 2.05) is 13.0 Å². The second-order valence-electron chi connectivity index (χ2n) is 5.78. The van der Waals surface area contributed by atoms with Gasteiger partial charge in [-0.15, -0.1) is 6.42 Å². The fourth-order valence-corrected chi connectivity index (χ4v) is 3.51. The number of hydrogen-bond donors (Lipinski definition) is 3. The van der Waals surface area contributed by atoms with Gasteiger partial charge in [0.25, 0.3) is 15.9 Å². The van der Waals surface area contributed by atoms with E-state index in [-0.39, 0.29) is 28.6 Å². The molecule has 0 bridgehead atoms. The topological polar surface area (TPSA) is 104 Å². The zero-order valence-electron chi connectivity index (χ0n) is 15.0. The Morgan fingerprint density at radius 1 is 1.14 bits per heavy atom. The largest absolute Gasteiger partial charge is 0.344 e. The van der Waals surface area contributed by atoms with Crippen molar-refractivity contribution in [1.82, 2.24) is 10.6 Å². The van der Waals surface area contributed by atoms with E-state index in [9.17, 15) is 18.0 Å². The number of benzene rings is 2. The van der Waals surface area contributed by atoms with Gasteiger partial charge in [0.05, 0.1) is 28.6 Å². The lowest BCUT2D eigenvalue weighted by Gasteiger charge is -2.11. The highest BCUT2D eigenvalue weighted by Gasteiger charge is 2.19. The quantitative estimate of drug-likeness (QED) is 0.596. The Kier molecular flexibility index (Phi) is 7.04. The Morgan fingerprint density at radius 3 is 2.57 bits per heavy atom. The molecule has 2 rings (SSSR count). The third-order valence-electron chi connectivity index (χ3n) is 3.56. The van der Waals surface area contributed by atoms with Crippen LogP contribution in [0.25, 0.3) is 0 Å². The third-order valence-corrected chi connectivity index (χ3v) is 5.27. The molecule has 0 aliphatic heterocycles. The Morgan fingerprint density at radius 2 is 1.89 bits per heavy atom. The van der Waals surface area contributed by atoms with Crippen molar-refractivity contribution in [3.05, 3.63) is 58.6 Å². The number of carbonyl (C=O) groups is 2. The summed E-state index contributed by atoms with van der Waals surface area (Å²) in [5.41, 5.74) is 1.21. The fourth-order valence-electron chi connectivity index (χ4n) is 2.24. The molecule has 0 radical (unpaired) electrons. The summed E-state index contributed by atoms with van der Waals surface area (Å²) in [5, 5.41) is 4.81. The number of nitrogens with one attached hydrogen (secondary N) is 3. The standard InChI is InChI=1S/C19H18ClN3O4S/c1-3-9-21-18(24)12-22-19(25)16-11-15(7-8-17(16)20)28(26,27)23-14-6-4-5-13(2)10-14/h1,4-8,10-11,23H,9,12H2,2H3,(H,21,24)(H,22,25). The lowest BCUT2D eigenvalue weighted by molar-refractivity contribution is -0.119. The number of amides is 2. The number of anilines is 1. The molecule has 0 unspecified atom stereocenters. The molecule has 0 aromatic heterocycles. The molecule has 2 amide bonds. The minimum Gasteiger partial charge on any atom is -0.344 e. The Balaban J connectivity index is 2.18. The van der Waals surface area contributed by atoms with Crippen LogP contribution in [0, 0.1) is 19.3 Å². The number of sulfonamides is 1. The number of halogens is 1. The molecule has 0 spiro atoms. The number of carbonyl (C=O) groups excluding carboxylic acids is 2. The van der Waals surface area contributed by atoms with E-state index in [1.165, 1.54) is 12.1 Å². The first kappa shape index (κ1) is 21.3. The summed E-state index contributed by atoms with van der Waals surface area (Å²) in [6, 6.07) is 10.6.